The minimum absolute atomic E-state index is 0.0422. The molecule has 0 aromatic heterocycles. The number of halogens is 2. The molecule has 1 aromatic carbocycles. The summed E-state index contributed by atoms with van der Waals surface area (Å²) in [6.45, 7) is 1.74. The first-order chi connectivity index (χ1) is 8.51. The van der Waals surface area contributed by atoms with Crippen LogP contribution in [0.4, 0.5) is 4.39 Å². The fourth-order valence-corrected chi connectivity index (χ4v) is 2.33. The third-order valence-electron chi connectivity index (χ3n) is 2.60. The zero-order valence-electron chi connectivity index (χ0n) is 10.1. The molecule has 0 aliphatic heterocycles. The molecule has 0 radical (unpaired) electrons. The van der Waals surface area contributed by atoms with Crippen molar-refractivity contribution < 1.29 is 14.3 Å². The van der Waals surface area contributed by atoms with Crippen LogP contribution < -0.4 is 5.32 Å². The van der Waals surface area contributed by atoms with E-state index >= 15 is 0 Å². The van der Waals surface area contributed by atoms with Crippen LogP contribution in [0.3, 0.4) is 0 Å². The van der Waals surface area contributed by atoms with Gasteiger partial charge in [0.05, 0.1) is 17.2 Å². The maximum Gasteiger partial charge on any atom is 0.253 e. The molecule has 0 saturated carbocycles. The number of thioether (sulfide) groups is 1. The van der Waals surface area contributed by atoms with E-state index in [9.17, 15) is 9.18 Å². The van der Waals surface area contributed by atoms with Gasteiger partial charge >= 0.3 is 0 Å². The maximum absolute atomic E-state index is 13.2. The predicted molar refractivity (Wildman–Crippen MR) is 72.7 cm³/mol. The van der Waals surface area contributed by atoms with Gasteiger partial charge in [-0.05, 0) is 25.3 Å². The summed E-state index contributed by atoms with van der Waals surface area (Å²) in [6, 6.07) is 3.84. The summed E-state index contributed by atoms with van der Waals surface area (Å²) < 4.78 is 13.2. The second-order valence-electron chi connectivity index (χ2n) is 3.82. The Hall–Kier alpha value is -0.780. The van der Waals surface area contributed by atoms with E-state index < -0.39 is 11.7 Å². The van der Waals surface area contributed by atoms with Gasteiger partial charge in [0.2, 0.25) is 0 Å². The third-order valence-corrected chi connectivity index (χ3v) is 4.14. The average molecular weight is 292 g/mol. The summed E-state index contributed by atoms with van der Waals surface area (Å²) in [4.78, 5) is 11.9. The van der Waals surface area contributed by atoms with E-state index in [-0.39, 0.29) is 28.5 Å². The number of aliphatic hydroxyl groups is 1. The minimum atomic E-state index is -0.624. The number of amides is 1. The largest absolute Gasteiger partial charge is 0.395 e. The van der Waals surface area contributed by atoms with Gasteiger partial charge in [-0.1, -0.05) is 17.7 Å². The van der Waals surface area contributed by atoms with Gasteiger partial charge in [-0.3, -0.25) is 4.79 Å². The topological polar surface area (TPSA) is 49.3 Å². The zero-order valence-corrected chi connectivity index (χ0v) is 11.7. The van der Waals surface area contributed by atoms with Crippen molar-refractivity contribution in [2.75, 3.05) is 12.9 Å². The molecular weight excluding hydrogens is 277 g/mol. The fraction of sp³-hybridized carbons (Fsp3) is 0.417. The number of aliphatic hydroxyl groups excluding tert-OH is 1. The van der Waals surface area contributed by atoms with Crippen LogP contribution in [0.15, 0.2) is 18.2 Å². The van der Waals surface area contributed by atoms with Gasteiger partial charge in [-0.15, -0.1) is 0 Å². The van der Waals surface area contributed by atoms with E-state index in [0.29, 0.717) is 0 Å². The van der Waals surface area contributed by atoms with Crippen molar-refractivity contribution in [3.05, 3.63) is 34.6 Å². The predicted octanol–water partition coefficient (Wildman–Crippen LogP) is 2.32. The van der Waals surface area contributed by atoms with E-state index in [2.05, 4.69) is 5.32 Å². The monoisotopic (exact) mass is 291 g/mol. The number of rotatable bonds is 5. The first-order valence-electron chi connectivity index (χ1n) is 5.39. The van der Waals surface area contributed by atoms with Crippen LogP contribution in [-0.4, -0.2) is 35.2 Å². The lowest BCUT2D eigenvalue weighted by Gasteiger charge is -2.21. The maximum atomic E-state index is 13.2. The standard InChI is InChI=1S/C12H15ClFNO2S/c1-7(10(6-16)18-2)15-12(17)8-4-3-5-9(14)11(8)13/h3-5,7,10,16H,6H2,1-2H3,(H,15,17)/t7-,10-/m1/s1. The Morgan fingerprint density at radius 1 is 1.61 bits per heavy atom. The smallest absolute Gasteiger partial charge is 0.253 e. The van der Waals surface area contributed by atoms with E-state index in [1.165, 1.54) is 30.0 Å². The lowest BCUT2D eigenvalue weighted by Crippen LogP contribution is -2.41. The van der Waals surface area contributed by atoms with Crippen molar-refractivity contribution in [2.45, 2.75) is 18.2 Å². The molecule has 100 valence electrons. The van der Waals surface area contributed by atoms with Crippen molar-refractivity contribution in [2.24, 2.45) is 0 Å². The second-order valence-corrected chi connectivity index (χ2v) is 5.28. The third kappa shape index (κ3) is 3.60. The molecule has 18 heavy (non-hydrogen) atoms. The van der Waals surface area contributed by atoms with E-state index in [4.69, 9.17) is 16.7 Å². The summed E-state index contributed by atoms with van der Waals surface area (Å²) in [7, 11) is 0. The van der Waals surface area contributed by atoms with Crippen molar-refractivity contribution in [3.8, 4) is 0 Å². The van der Waals surface area contributed by atoms with Gasteiger partial charge < -0.3 is 10.4 Å². The molecule has 0 spiro atoms. The number of hydrogen-bond donors (Lipinski definition) is 2. The number of carbonyl (C=O) groups excluding carboxylic acids is 1. The molecule has 3 nitrogen and oxygen atoms in total. The molecule has 0 aliphatic carbocycles. The molecule has 2 atom stereocenters. The first-order valence-corrected chi connectivity index (χ1v) is 7.06. The van der Waals surface area contributed by atoms with Gasteiger partial charge in [0.1, 0.15) is 5.82 Å². The van der Waals surface area contributed by atoms with Crippen molar-refractivity contribution >= 4 is 29.3 Å². The van der Waals surface area contributed by atoms with Crippen LogP contribution in [0.2, 0.25) is 5.02 Å². The Morgan fingerprint density at radius 2 is 2.28 bits per heavy atom. The first kappa shape index (κ1) is 15.3. The van der Waals surface area contributed by atoms with Crippen molar-refractivity contribution in [3.63, 3.8) is 0 Å². The van der Waals surface area contributed by atoms with Crippen molar-refractivity contribution in [1.82, 2.24) is 5.32 Å². The van der Waals surface area contributed by atoms with Gasteiger partial charge in [-0.25, -0.2) is 4.39 Å². The van der Waals surface area contributed by atoms with Crippen molar-refractivity contribution in [1.29, 1.82) is 0 Å². The highest BCUT2D eigenvalue weighted by Crippen LogP contribution is 2.20. The van der Waals surface area contributed by atoms with E-state index in [1.54, 1.807) is 6.92 Å². The molecule has 1 amide bonds. The molecule has 1 aromatic rings. The quantitative estimate of drug-likeness (QED) is 0.875. The molecule has 0 saturated heterocycles. The summed E-state index contributed by atoms with van der Waals surface area (Å²) in [6.07, 6.45) is 1.85. The molecular formula is C12H15ClFNO2S. The molecule has 0 aliphatic rings. The van der Waals surface area contributed by atoms with Crippen LogP contribution in [0.1, 0.15) is 17.3 Å². The normalized spacial score (nSPS) is 14.1. The summed E-state index contributed by atoms with van der Waals surface area (Å²) >= 11 is 7.18. The molecule has 6 heteroatoms. The van der Waals surface area contributed by atoms with Crippen LogP contribution in [-0.2, 0) is 0 Å². The van der Waals surface area contributed by atoms with Crippen LogP contribution in [0.25, 0.3) is 0 Å². The Kier molecular flexibility index (Phi) is 5.91. The Bertz CT molecular complexity index is 427. The highest BCUT2D eigenvalue weighted by Gasteiger charge is 2.20. The Morgan fingerprint density at radius 3 is 2.83 bits per heavy atom. The van der Waals surface area contributed by atoms with Crippen LogP contribution >= 0.6 is 23.4 Å². The molecule has 0 unspecified atom stereocenters. The van der Waals surface area contributed by atoms with Crippen LogP contribution in [0.5, 0.6) is 0 Å². The van der Waals surface area contributed by atoms with Gasteiger partial charge in [0, 0.05) is 11.3 Å². The van der Waals surface area contributed by atoms with E-state index in [1.807, 2.05) is 6.26 Å². The highest BCUT2D eigenvalue weighted by atomic mass is 35.5. The number of carbonyl (C=O) groups is 1. The van der Waals surface area contributed by atoms with Gasteiger partial charge in [-0.2, -0.15) is 11.8 Å². The molecule has 0 fully saturated rings. The lowest BCUT2D eigenvalue weighted by atomic mass is 10.1. The van der Waals surface area contributed by atoms with Gasteiger partial charge in [0.25, 0.3) is 5.91 Å². The molecule has 0 bridgehead atoms. The van der Waals surface area contributed by atoms with Gasteiger partial charge in [0.15, 0.2) is 0 Å². The molecule has 1 rings (SSSR count). The minimum Gasteiger partial charge on any atom is -0.395 e. The zero-order chi connectivity index (χ0) is 13.7. The lowest BCUT2D eigenvalue weighted by molar-refractivity contribution is 0.0935. The number of nitrogens with one attached hydrogen (secondary N) is 1. The Balaban J connectivity index is 2.79. The summed E-state index contributed by atoms with van der Waals surface area (Å²) in [5.74, 6) is -1.07. The second kappa shape index (κ2) is 6.97. The number of hydrogen-bond acceptors (Lipinski definition) is 3. The SMILES string of the molecule is CS[C@H](CO)[C@@H](C)NC(=O)c1cccc(F)c1Cl. The highest BCUT2D eigenvalue weighted by molar-refractivity contribution is 7.99. The summed E-state index contributed by atoms with van der Waals surface area (Å²) in [5.41, 5.74) is 0.0984. The Labute approximate surface area is 115 Å². The summed E-state index contributed by atoms with van der Waals surface area (Å²) in [5, 5.41) is 11.5. The molecule has 2 N–H and O–H groups in total. The molecule has 0 heterocycles. The average Bonchev–Trinajstić information content (AvgIpc) is 2.34. The van der Waals surface area contributed by atoms with E-state index in [0.717, 1.165) is 0 Å². The van der Waals surface area contributed by atoms with Crippen LogP contribution in [0, 0.1) is 5.82 Å². The number of benzene rings is 1. The fourth-order valence-electron chi connectivity index (χ4n) is 1.49.